The van der Waals surface area contributed by atoms with Crippen LogP contribution in [-0.2, 0) is 0 Å². The Morgan fingerprint density at radius 3 is 2.47 bits per heavy atom. The second-order valence-electron chi connectivity index (χ2n) is 3.70. The minimum atomic E-state index is 0.215. The largest absolute Gasteiger partial charge is 0.369 e. The van der Waals surface area contributed by atoms with Crippen molar-refractivity contribution in [1.29, 1.82) is 5.26 Å². The number of piperidine rings is 1. The lowest BCUT2D eigenvalue weighted by Crippen LogP contribution is -2.39. The van der Waals surface area contributed by atoms with E-state index < -0.39 is 0 Å². The molecule has 0 amide bonds. The number of hydrogen-bond acceptors (Lipinski definition) is 5. The first-order valence-corrected chi connectivity index (χ1v) is 5.02. The minimum Gasteiger partial charge on any atom is -0.369 e. The summed E-state index contributed by atoms with van der Waals surface area (Å²) in [5.41, 5.74) is 6.79. The van der Waals surface area contributed by atoms with E-state index in [1.807, 2.05) is 6.07 Å². The number of nitrogens with two attached hydrogens (primary N) is 1. The van der Waals surface area contributed by atoms with Crippen LogP contribution >= 0.6 is 0 Å². The highest BCUT2D eigenvalue weighted by Gasteiger charge is 2.16. The molecule has 1 aliphatic rings. The van der Waals surface area contributed by atoms with Gasteiger partial charge in [0.2, 0.25) is 5.82 Å². The Labute approximate surface area is 88.5 Å². The molecule has 1 fully saturated rings. The summed E-state index contributed by atoms with van der Waals surface area (Å²) < 4.78 is 0. The second kappa shape index (κ2) is 4.24. The van der Waals surface area contributed by atoms with Crippen LogP contribution in [0.3, 0.4) is 0 Å². The predicted octanol–water partition coefficient (Wildman–Crippen LogP) is 0.276. The second-order valence-corrected chi connectivity index (χ2v) is 3.70. The van der Waals surface area contributed by atoms with Gasteiger partial charge >= 0.3 is 0 Å². The summed E-state index contributed by atoms with van der Waals surface area (Å²) in [6, 6.07) is 2.22. The van der Waals surface area contributed by atoms with Crippen molar-refractivity contribution in [2.45, 2.75) is 18.9 Å². The summed E-state index contributed by atoms with van der Waals surface area (Å²) in [7, 11) is 0. The van der Waals surface area contributed by atoms with Gasteiger partial charge in [0.25, 0.3) is 0 Å². The van der Waals surface area contributed by atoms with Crippen LogP contribution in [0.2, 0.25) is 0 Å². The van der Waals surface area contributed by atoms with E-state index in [1.54, 1.807) is 12.4 Å². The monoisotopic (exact) mass is 203 g/mol. The molecular formula is C10H13N5. The number of aromatic nitrogens is 2. The average Bonchev–Trinajstić information content (AvgIpc) is 2.30. The van der Waals surface area contributed by atoms with Gasteiger partial charge in [-0.05, 0) is 12.8 Å². The van der Waals surface area contributed by atoms with Crippen molar-refractivity contribution >= 4 is 5.69 Å². The third-order valence-corrected chi connectivity index (χ3v) is 2.64. The predicted molar refractivity (Wildman–Crippen MR) is 56.2 cm³/mol. The van der Waals surface area contributed by atoms with E-state index in [0.717, 1.165) is 31.6 Å². The fourth-order valence-electron chi connectivity index (χ4n) is 1.70. The molecule has 0 atom stereocenters. The fourth-order valence-corrected chi connectivity index (χ4v) is 1.70. The van der Waals surface area contributed by atoms with Crippen molar-refractivity contribution in [3.05, 3.63) is 18.2 Å². The Hall–Kier alpha value is -1.67. The van der Waals surface area contributed by atoms with Crippen LogP contribution in [0, 0.1) is 11.3 Å². The first kappa shape index (κ1) is 9.87. The molecule has 1 aromatic rings. The zero-order chi connectivity index (χ0) is 10.7. The zero-order valence-corrected chi connectivity index (χ0v) is 8.43. The van der Waals surface area contributed by atoms with Crippen LogP contribution < -0.4 is 10.6 Å². The van der Waals surface area contributed by atoms with Gasteiger partial charge in [-0.3, -0.25) is 0 Å². The number of rotatable bonds is 1. The van der Waals surface area contributed by atoms with Crippen LogP contribution in [0.25, 0.3) is 0 Å². The van der Waals surface area contributed by atoms with Crippen molar-refractivity contribution in [3.63, 3.8) is 0 Å². The first-order valence-electron chi connectivity index (χ1n) is 5.02. The lowest BCUT2D eigenvalue weighted by Gasteiger charge is -2.31. The summed E-state index contributed by atoms with van der Waals surface area (Å²) in [6.07, 6.45) is 5.39. The third-order valence-electron chi connectivity index (χ3n) is 2.64. The van der Waals surface area contributed by atoms with Gasteiger partial charge in [-0.25, -0.2) is 9.97 Å². The highest BCUT2D eigenvalue weighted by atomic mass is 15.2. The van der Waals surface area contributed by atoms with E-state index >= 15 is 0 Å². The lowest BCUT2D eigenvalue weighted by atomic mass is 10.1. The number of nitriles is 1. The fraction of sp³-hybridized carbons (Fsp3) is 0.500. The van der Waals surface area contributed by atoms with Crippen LogP contribution in [-0.4, -0.2) is 29.1 Å². The van der Waals surface area contributed by atoms with Crippen molar-refractivity contribution < 1.29 is 0 Å². The van der Waals surface area contributed by atoms with E-state index in [9.17, 15) is 0 Å². The van der Waals surface area contributed by atoms with E-state index in [-0.39, 0.29) is 5.82 Å². The molecule has 0 radical (unpaired) electrons. The Bertz CT molecular complexity index is 358. The maximum absolute atomic E-state index is 8.57. The molecule has 15 heavy (non-hydrogen) atoms. The minimum absolute atomic E-state index is 0.215. The van der Waals surface area contributed by atoms with Gasteiger partial charge in [-0.1, -0.05) is 0 Å². The van der Waals surface area contributed by atoms with E-state index in [2.05, 4.69) is 14.9 Å². The third kappa shape index (κ3) is 2.22. The van der Waals surface area contributed by atoms with Gasteiger partial charge in [0.15, 0.2) is 0 Å². The molecule has 0 aliphatic carbocycles. The topological polar surface area (TPSA) is 78.8 Å². The Kier molecular flexibility index (Phi) is 2.79. The SMILES string of the molecule is N#Cc1ncc(N2CCC(N)CC2)cn1. The average molecular weight is 203 g/mol. The molecule has 0 aromatic carbocycles. The first-order chi connectivity index (χ1) is 7.29. The summed E-state index contributed by atoms with van der Waals surface area (Å²) in [4.78, 5) is 10.1. The summed E-state index contributed by atoms with van der Waals surface area (Å²) in [5.74, 6) is 0.215. The Morgan fingerprint density at radius 1 is 1.33 bits per heavy atom. The molecule has 1 aromatic heterocycles. The molecule has 0 bridgehead atoms. The van der Waals surface area contributed by atoms with E-state index in [4.69, 9.17) is 11.0 Å². The molecule has 0 saturated carbocycles. The molecule has 5 heteroatoms. The molecule has 78 valence electrons. The molecule has 1 saturated heterocycles. The van der Waals surface area contributed by atoms with Crippen LogP contribution in [0.1, 0.15) is 18.7 Å². The van der Waals surface area contributed by atoms with Gasteiger partial charge < -0.3 is 10.6 Å². The maximum Gasteiger partial charge on any atom is 0.232 e. The van der Waals surface area contributed by atoms with Crippen molar-refractivity contribution in [2.24, 2.45) is 5.73 Å². The number of anilines is 1. The molecule has 0 unspecified atom stereocenters. The van der Waals surface area contributed by atoms with Crippen LogP contribution in [0.4, 0.5) is 5.69 Å². The van der Waals surface area contributed by atoms with Crippen LogP contribution in [0.15, 0.2) is 12.4 Å². The number of nitrogens with zero attached hydrogens (tertiary/aromatic N) is 4. The van der Waals surface area contributed by atoms with Gasteiger partial charge in [-0.15, -0.1) is 0 Å². The van der Waals surface area contributed by atoms with Crippen molar-refractivity contribution in [1.82, 2.24) is 9.97 Å². The van der Waals surface area contributed by atoms with Gasteiger partial charge in [0.1, 0.15) is 6.07 Å². The molecular weight excluding hydrogens is 190 g/mol. The van der Waals surface area contributed by atoms with Crippen molar-refractivity contribution in [3.8, 4) is 6.07 Å². The van der Waals surface area contributed by atoms with Gasteiger partial charge in [-0.2, -0.15) is 5.26 Å². The van der Waals surface area contributed by atoms with E-state index in [0.29, 0.717) is 6.04 Å². The molecule has 2 heterocycles. The molecule has 0 spiro atoms. The van der Waals surface area contributed by atoms with Gasteiger partial charge in [0, 0.05) is 19.1 Å². The standard InChI is InChI=1S/C10H13N5/c11-5-10-13-6-9(7-14-10)15-3-1-8(12)2-4-15/h6-8H,1-4,12H2. The highest BCUT2D eigenvalue weighted by Crippen LogP contribution is 2.17. The quantitative estimate of drug-likeness (QED) is 0.709. The summed E-state index contributed by atoms with van der Waals surface area (Å²) in [6.45, 7) is 1.88. The van der Waals surface area contributed by atoms with Crippen LogP contribution in [0.5, 0.6) is 0 Å². The molecule has 2 rings (SSSR count). The normalized spacial score (nSPS) is 17.5. The Morgan fingerprint density at radius 2 is 1.93 bits per heavy atom. The summed E-state index contributed by atoms with van der Waals surface area (Å²) in [5, 5.41) is 8.57. The van der Waals surface area contributed by atoms with Crippen molar-refractivity contribution in [2.75, 3.05) is 18.0 Å². The lowest BCUT2D eigenvalue weighted by molar-refractivity contribution is 0.500. The van der Waals surface area contributed by atoms with Gasteiger partial charge in [0.05, 0.1) is 18.1 Å². The Balaban J connectivity index is 2.07. The van der Waals surface area contributed by atoms with E-state index in [1.165, 1.54) is 0 Å². The summed E-state index contributed by atoms with van der Waals surface area (Å²) >= 11 is 0. The molecule has 5 nitrogen and oxygen atoms in total. The number of hydrogen-bond donors (Lipinski definition) is 1. The maximum atomic E-state index is 8.57. The smallest absolute Gasteiger partial charge is 0.232 e. The zero-order valence-electron chi connectivity index (χ0n) is 8.43. The highest BCUT2D eigenvalue weighted by molar-refractivity contribution is 5.43. The molecule has 2 N–H and O–H groups in total. The molecule has 1 aliphatic heterocycles.